The van der Waals surface area contributed by atoms with Gasteiger partial charge in [-0.15, -0.1) is 13.2 Å². The molecule has 0 amide bonds. The summed E-state index contributed by atoms with van der Waals surface area (Å²) in [7, 11) is 0. The third kappa shape index (κ3) is 5.23. The number of benzene rings is 1. The molecule has 1 aromatic rings. The first-order chi connectivity index (χ1) is 11.7. The summed E-state index contributed by atoms with van der Waals surface area (Å²) in [6, 6.07) is 2.78. The van der Waals surface area contributed by atoms with Gasteiger partial charge in [0.25, 0.3) is 0 Å². The number of hydrogen-bond donors (Lipinski definition) is 2. The number of nitrogens with two attached hydrogens (primary N) is 2. The molecule has 10 heteroatoms. The number of likely N-dealkylation sites (tertiary alicyclic amines) is 1. The second-order valence-corrected chi connectivity index (χ2v) is 5.47. The third-order valence-corrected chi connectivity index (χ3v) is 3.60. The first-order valence-corrected chi connectivity index (χ1v) is 7.39. The zero-order valence-electron chi connectivity index (χ0n) is 13.1. The lowest BCUT2D eigenvalue weighted by Gasteiger charge is -2.30. The Balaban J connectivity index is 2.19. The molecule has 5 nitrogen and oxygen atoms in total. The van der Waals surface area contributed by atoms with Crippen molar-refractivity contribution in [2.24, 2.45) is 16.7 Å². The van der Waals surface area contributed by atoms with Crippen LogP contribution in [0.4, 0.5) is 22.0 Å². The molecule has 1 aliphatic heterocycles. The maximum Gasteiger partial charge on any atom is 0.573 e. The summed E-state index contributed by atoms with van der Waals surface area (Å²) in [5.74, 6) is 3.32. The average Bonchev–Trinajstić information content (AvgIpc) is 2.53. The fraction of sp³-hybridized carbons (Fsp3) is 0.400. The minimum atomic E-state index is -5.00. The van der Waals surface area contributed by atoms with Gasteiger partial charge in [0, 0.05) is 23.9 Å². The molecule has 1 heterocycles. The summed E-state index contributed by atoms with van der Waals surface area (Å²) in [5, 5.41) is 3.55. The minimum absolute atomic E-state index is 0.0163. The van der Waals surface area contributed by atoms with Crippen LogP contribution in [0, 0.1) is 5.82 Å². The Bertz CT molecular complexity index is 674. The Morgan fingerprint density at radius 1 is 1.36 bits per heavy atom. The van der Waals surface area contributed by atoms with Crippen LogP contribution in [0.15, 0.2) is 29.4 Å². The summed E-state index contributed by atoms with van der Waals surface area (Å²) in [6.07, 6.45) is -3.64. The van der Waals surface area contributed by atoms with E-state index in [9.17, 15) is 22.0 Å². The van der Waals surface area contributed by atoms with Gasteiger partial charge in [0.1, 0.15) is 12.0 Å². The molecule has 0 saturated carbocycles. The van der Waals surface area contributed by atoms with Crippen molar-refractivity contribution in [1.29, 1.82) is 0 Å². The van der Waals surface area contributed by atoms with Crippen LogP contribution in [0.5, 0.6) is 5.75 Å². The Hall–Kier alpha value is -2.52. The standard InChI is InChI=1S/C15H17F5N4O/c16-10-2-1-5-24(8-10)14(23-22)7-12(21)9-3-4-13(11(17)6-9)25-15(18,19)20/h3-4,6-7,10H,1-2,5,8,21-22H2/t10-/m1/s1. The van der Waals surface area contributed by atoms with Crippen molar-refractivity contribution in [1.82, 2.24) is 4.90 Å². The highest BCUT2D eigenvalue weighted by Gasteiger charge is 2.32. The van der Waals surface area contributed by atoms with Crippen LogP contribution in [-0.2, 0) is 0 Å². The van der Waals surface area contributed by atoms with Crippen molar-refractivity contribution in [2.75, 3.05) is 13.1 Å². The molecule has 0 aliphatic carbocycles. The zero-order valence-corrected chi connectivity index (χ0v) is 13.1. The van der Waals surface area contributed by atoms with E-state index in [1.165, 1.54) is 6.08 Å². The molecule has 25 heavy (non-hydrogen) atoms. The number of alkyl halides is 4. The Labute approximate surface area is 140 Å². The van der Waals surface area contributed by atoms with Crippen molar-refractivity contribution in [2.45, 2.75) is 25.4 Å². The third-order valence-electron chi connectivity index (χ3n) is 3.60. The van der Waals surface area contributed by atoms with Gasteiger partial charge in [-0.3, -0.25) is 0 Å². The fourth-order valence-corrected chi connectivity index (χ4v) is 2.45. The van der Waals surface area contributed by atoms with Crippen LogP contribution in [0.2, 0.25) is 0 Å². The van der Waals surface area contributed by atoms with Crippen LogP contribution in [-0.4, -0.2) is 36.4 Å². The van der Waals surface area contributed by atoms with E-state index in [2.05, 4.69) is 9.84 Å². The number of hydrogen-bond acceptors (Lipinski definition) is 4. The summed E-state index contributed by atoms with van der Waals surface area (Å²) in [5.41, 5.74) is 5.96. The van der Waals surface area contributed by atoms with E-state index in [4.69, 9.17) is 11.6 Å². The summed E-state index contributed by atoms with van der Waals surface area (Å²) in [6.45, 7) is 0.638. The van der Waals surface area contributed by atoms with E-state index >= 15 is 0 Å². The van der Waals surface area contributed by atoms with Crippen LogP contribution < -0.4 is 16.3 Å². The molecule has 0 spiro atoms. The van der Waals surface area contributed by atoms with Gasteiger partial charge in [-0.05, 0) is 31.0 Å². The molecule has 0 aromatic heterocycles. The van der Waals surface area contributed by atoms with Crippen molar-refractivity contribution in [3.05, 3.63) is 35.7 Å². The lowest BCUT2D eigenvalue weighted by atomic mass is 10.1. The van der Waals surface area contributed by atoms with E-state index in [1.54, 1.807) is 4.90 Å². The molecule has 0 unspecified atom stereocenters. The Morgan fingerprint density at radius 3 is 2.64 bits per heavy atom. The van der Waals surface area contributed by atoms with Gasteiger partial charge in [0.05, 0.1) is 6.54 Å². The molecule has 1 fully saturated rings. The van der Waals surface area contributed by atoms with Gasteiger partial charge in [0.2, 0.25) is 0 Å². The lowest BCUT2D eigenvalue weighted by molar-refractivity contribution is -0.275. The second kappa shape index (κ2) is 7.58. The molecule has 138 valence electrons. The zero-order chi connectivity index (χ0) is 18.6. The highest BCUT2D eigenvalue weighted by atomic mass is 19.4. The molecule has 0 bridgehead atoms. The Morgan fingerprint density at radius 2 is 2.08 bits per heavy atom. The topological polar surface area (TPSA) is 76.9 Å². The number of piperidine rings is 1. The van der Waals surface area contributed by atoms with Crippen LogP contribution in [0.1, 0.15) is 18.4 Å². The first kappa shape index (κ1) is 18.8. The highest BCUT2D eigenvalue weighted by molar-refractivity contribution is 5.98. The summed E-state index contributed by atoms with van der Waals surface area (Å²) in [4.78, 5) is 1.60. The van der Waals surface area contributed by atoms with Crippen LogP contribution in [0.3, 0.4) is 0 Å². The van der Waals surface area contributed by atoms with Crippen molar-refractivity contribution in [3.63, 3.8) is 0 Å². The number of hydrazone groups is 1. The van der Waals surface area contributed by atoms with E-state index in [0.717, 1.165) is 18.2 Å². The number of amidine groups is 1. The maximum atomic E-state index is 13.7. The lowest BCUT2D eigenvalue weighted by Crippen LogP contribution is -2.40. The molecule has 4 N–H and O–H groups in total. The molecule has 0 radical (unpaired) electrons. The average molecular weight is 364 g/mol. The van der Waals surface area contributed by atoms with E-state index in [0.29, 0.717) is 19.4 Å². The van der Waals surface area contributed by atoms with Gasteiger partial charge in [0.15, 0.2) is 11.6 Å². The molecule has 1 atom stereocenters. The quantitative estimate of drug-likeness (QED) is 0.284. The molecular weight excluding hydrogens is 347 g/mol. The molecule has 2 rings (SSSR count). The van der Waals surface area contributed by atoms with E-state index < -0.39 is 24.1 Å². The predicted octanol–water partition coefficient (Wildman–Crippen LogP) is 2.73. The largest absolute Gasteiger partial charge is 0.573 e. The summed E-state index contributed by atoms with van der Waals surface area (Å²) < 4.78 is 67.2. The van der Waals surface area contributed by atoms with Gasteiger partial charge in [-0.25, -0.2) is 8.78 Å². The molecule has 1 aliphatic rings. The van der Waals surface area contributed by atoms with Crippen molar-refractivity contribution in [3.8, 4) is 5.75 Å². The smallest absolute Gasteiger partial charge is 0.403 e. The SMILES string of the molecule is NN=C(C=C(N)c1ccc(OC(F)(F)F)c(F)c1)N1CCC[C@@H](F)C1. The second-order valence-electron chi connectivity index (χ2n) is 5.47. The van der Waals surface area contributed by atoms with Gasteiger partial charge in [-0.1, -0.05) is 0 Å². The van der Waals surface area contributed by atoms with Crippen molar-refractivity contribution < 1.29 is 26.7 Å². The van der Waals surface area contributed by atoms with Crippen LogP contribution in [0.25, 0.3) is 5.70 Å². The Kier molecular flexibility index (Phi) is 5.70. The first-order valence-electron chi connectivity index (χ1n) is 7.39. The van der Waals surface area contributed by atoms with Gasteiger partial charge >= 0.3 is 6.36 Å². The number of halogens is 5. The number of nitrogens with zero attached hydrogens (tertiary/aromatic N) is 2. The number of rotatable bonds is 3. The number of ether oxygens (including phenoxy) is 1. The monoisotopic (exact) mass is 364 g/mol. The van der Waals surface area contributed by atoms with E-state index in [-0.39, 0.29) is 23.6 Å². The van der Waals surface area contributed by atoms with Crippen molar-refractivity contribution >= 4 is 11.5 Å². The maximum absolute atomic E-state index is 13.7. The fourth-order valence-electron chi connectivity index (χ4n) is 2.45. The molecule has 1 aromatic carbocycles. The highest BCUT2D eigenvalue weighted by Crippen LogP contribution is 2.27. The van der Waals surface area contributed by atoms with Crippen LogP contribution >= 0.6 is 0 Å². The van der Waals surface area contributed by atoms with Gasteiger partial charge < -0.3 is 21.2 Å². The molecular formula is C15H17F5N4O. The normalized spacial score (nSPS) is 19.9. The molecule has 1 saturated heterocycles. The summed E-state index contributed by atoms with van der Waals surface area (Å²) >= 11 is 0. The van der Waals surface area contributed by atoms with E-state index in [1.807, 2.05) is 0 Å². The predicted molar refractivity (Wildman–Crippen MR) is 82.6 cm³/mol. The van der Waals surface area contributed by atoms with Gasteiger partial charge in [-0.2, -0.15) is 5.10 Å². The minimum Gasteiger partial charge on any atom is -0.403 e.